The van der Waals surface area contributed by atoms with Crippen molar-refractivity contribution >= 4 is 27.0 Å². The summed E-state index contributed by atoms with van der Waals surface area (Å²) in [6.45, 7) is 10.8. The van der Waals surface area contributed by atoms with Gasteiger partial charge in [0, 0.05) is 5.56 Å². The first kappa shape index (κ1) is 24.7. The zero-order valence-electron chi connectivity index (χ0n) is 19.7. The minimum absolute atomic E-state index is 0.0273. The van der Waals surface area contributed by atoms with Gasteiger partial charge in [-0.05, 0) is 75.4 Å². The van der Waals surface area contributed by atoms with E-state index >= 15 is 0 Å². The SMILES string of the molecule is Cc1ccc(S(=O)(=O)N[C@H](CC(C)C)C(=O)Oc2cc(C)cc3oc(=O)c(C)c(C)c23)cc1. The van der Waals surface area contributed by atoms with Crippen molar-refractivity contribution in [2.24, 2.45) is 5.92 Å². The molecule has 1 atom stereocenters. The van der Waals surface area contributed by atoms with E-state index in [0.29, 0.717) is 22.1 Å². The molecule has 0 radical (unpaired) electrons. The summed E-state index contributed by atoms with van der Waals surface area (Å²) in [5, 5.41) is 0.510. The van der Waals surface area contributed by atoms with E-state index < -0.39 is 27.7 Å². The topological polar surface area (TPSA) is 103 Å². The molecule has 0 saturated heterocycles. The summed E-state index contributed by atoms with van der Waals surface area (Å²) in [4.78, 5) is 25.4. The lowest BCUT2D eigenvalue weighted by Gasteiger charge is -2.20. The van der Waals surface area contributed by atoms with Crippen LogP contribution in [0, 0.1) is 33.6 Å². The second-order valence-electron chi connectivity index (χ2n) is 8.81. The molecule has 0 unspecified atom stereocenters. The predicted molar refractivity (Wildman–Crippen MR) is 127 cm³/mol. The Balaban J connectivity index is 1.99. The predicted octanol–water partition coefficient (Wildman–Crippen LogP) is 4.33. The molecule has 3 rings (SSSR count). The van der Waals surface area contributed by atoms with Gasteiger partial charge in [-0.1, -0.05) is 31.5 Å². The highest BCUT2D eigenvalue weighted by Gasteiger charge is 2.29. The van der Waals surface area contributed by atoms with Gasteiger partial charge in [0.25, 0.3) is 0 Å². The van der Waals surface area contributed by atoms with Gasteiger partial charge in [0.2, 0.25) is 10.0 Å². The molecule has 0 aliphatic rings. The summed E-state index contributed by atoms with van der Waals surface area (Å²) in [7, 11) is -3.94. The standard InChI is InChI=1S/C25H29NO6S/c1-14(2)11-20(26-33(29,30)19-9-7-15(3)8-10-19)25(28)32-22-13-16(4)12-21-23(22)17(5)18(6)24(27)31-21/h7-10,12-14,20,26H,11H2,1-6H3/t20-/m1/s1. The number of carbonyl (C=O) groups excluding carboxylic acids is 1. The van der Waals surface area contributed by atoms with Gasteiger partial charge < -0.3 is 9.15 Å². The summed E-state index contributed by atoms with van der Waals surface area (Å²) in [5.41, 5.74) is 2.58. The summed E-state index contributed by atoms with van der Waals surface area (Å²) in [6, 6.07) is 8.67. The lowest BCUT2D eigenvalue weighted by Crippen LogP contribution is -2.43. The fraction of sp³-hybridized carbons (Fsp3) is 0.360. The van der Waals surface area contributed by atoms with Crippen LogP contribution >= 0.6 is 0 Å². The van der Waals surface area contributed by atoms with Gasteiger partial charge in [-0.3, -0.25) is 0 Å². The van der Waals surface area contributed by atoms with Crippen LogP contribution in [0.4, 0.5) is 0 Å². The smallest absolute Gasteiger partial charge is 0.339 e. The quantitative estimate of drug-likeness (QED) is 0.313. The Kier molecular flexibility index (Phi) is 7.09. The summed E-state index contributed by atoms with van der Waals surface area (Å²) >= 11 is 0. The van der Waals surface area contributed by atoms with Crippen molar-refractivity contribution in [3.8, 4) is 5.75 Å². The third kappa shape index (κ3) is 5.51. The number of benzene rings is 2. The highest BCUT2D eigenvalue weighted by Crippen LogP contribution is 2.31. The third-order valence-electron chi connectivity index (χ3n) is 5.49. The Morgan fingerprint density at radius 1 is 1.00 bits per heavy atom. The fourth-order valence-corrected chi connectivity index (χ4v) is 4.78. The van der Waals surface area contributed by atoms with Gasteiger partial charge in [0.15, 0.2) is 0 Å². The zero-order chi connectivity index (χ0) is 24.5. The second kappa shape index (κ2) is 9.49. The highest BCUT2D eigenvalue weighted by molar-refractivity contribution is 7.89. The normalized spacial score (nSPS) is 12.8. The van der Waals surface area contributed by atoms with Gasteiger partial charge in [0.1, 0.15) is 17.4 Å². The maximum absolute atomic E-state index is 13.2. The molecule has 1 aromatic heterocycles. The van der Waals surface area contributed by atoms with Crippen molar-refractivity contribution in [3.63, 3.8) is 0 Å². The Hall–Kier alpha value is -2.97. The largest absolute Gasteiger partial charge is 0.425 e. The Bertz CT molecular complexity index is 1350. The lowest BCUT2D eigenvalue weighted by atomic mass is 10.0. The number of hydrogen-bond donors (Lipinski definition) is 1. The second-order valence-corrected chi connectivity index (χ2v) is 10.5. The number of carbonyl (C=O) groups is 1. The van der Waals surface area contributed by atoms with Crippen molar-refractivity contribution in [1.82, 2.24) is 4.72 Å². The molecule has 0 aliphatic heterocycles. The molecule has 8 heteroatoms. The van der Waals surface area contributed by atoms with E-state index in [1.807, 2.05) is 20.8 Å². The van der Waals surface area contributed by atoms with E-state index in [1.54, 1.807) is 45.0 Å². The first-order valence-electron chi connectivity index (χ1n) is 10.7. The van der Waals surface area contributed by atoms with Crippen LogP contribution in [0.1, 0.15) is 42.5 Å². The molecule has 176 valence electrons. The maximum atomic E-state index is 13.2. The molecule has 2 aromatic carbocycles. The van der Waals surface area contributed by atoms with E-state index in [1.165, 1.54) is 12.1 Å². The summed E-state index contributed by atoms with van der Waals surface area (Å²) in [6.07, 6.45) is 0.251. The van der Waals surface area contributed by atoms with Crippen molar-refractivity contribution in [2.75, 3.05) is 0 Å². The van der Waals surface area contributed by atoms with E-state index in [4.69, 9.17) is 9.15 Å². The molecule has 1 heterocycles. The molecule has 7 nitrogen and oxygen atoms in total. The van der Waals surface area contributed by atoms with E-state index in [2.05, 4.69) is 4.72 Å². The first-order valence-corrected chi connectivity index (χ1v) is 12.2. The first-order chi connectivity index (χ1) is 15.4. The average molecular weight is 472 g/mol. The number of esters is 1. The maximum Gasteiger partial charge on any atom is 0.339 e. The summed E-state index contributed by atoms with van der Waals surface area (Å²) < 4.78 is 39.5. The number of rotatable bonds is 7. The van der Waals surface area contributed by atoms with Crippen LogP contribution in [0.2, 0.25) is 0 Å². The third-order valence-corrected chi connectivity index (χ3v) is 6.98. The molecular weight excluding hydrogens is 442 g/mol. The molecule has 1 N–H and O–H groups in total. The van der Waals surface area contributed by atoms with Crippen LogP contribution in [0.3, 0.4) is 0 Å². The average Bonchev–Trinajstić information content (AvgIpc) is 2.71. The molecule has 0 spiro atoms. The van der Waals surface area contributed by atoms with Gasteiger partial charge in [-0.25, -0.2) is 18.0 Å². The Morgan fingerprint density at radius 3 is 2.24 bits per heavy atom. The Morgan fingerprint density at radius 2 is 1.64 bits per heavy atom. The Labute approximate surface area is 193 Å². The van der Waals surface area contributed by atoms with Crippen molar-refractivity contribution in [1.29, 1.82) is 0 Å². The van der Waals surface area contributed by atoms with Crippen LogP contribution in [-0.4, -0.2) is 20.4 Å². The number of nitrogens with one attached hydrogen (secondary N) is 1. The van der Waals surface area contributed by atoms with Gasteiger partial charge in [-0.15, -0.1) is 0 Å². The molecule has 3 aromatic rings. The number of hydrogen-bond acceptors (Lipinski definition) is 6. The minimum Gasteiger partial charge on any atom is -0.425 e. The lowest BCUT2D eigenvalue weighted by molar-refractivity contribution is -0.136. The molecule has 0 fully saturated rings. The van der Waals surface area contributed by atoms with E-state index in [-0.39, 0.29) is 23.0 Å². The molecule has 0 saturated carbocycles. The number of sulfonamides is 1. The minimum atomic E-state index is -3.94. The fourth-order valence-electron chi connectivity index (χ4n) is 3.58. The molecular formula is C25H29NO6S. The number of fused-ring (bicyclic) bond motifs is 1. The van der Waals surface area contributed by atoms with Crippen LogP contribution in [-0.2, 0) is 14.8 Å². The van der Waals surface area contributed by atoms with Crippen molar-refractivity contribution in [2.45, 2.75) is 58.9 Å². The van der Waals surface area contributed by atoms with Crippen LogP contribution in [0.25, 0.3) is 11.0 Å². The molecule has 0 bridgehead atoms. The van der Waals surface area contributed by atoms with Crippen LogP contribution in [0.5, 0.6) is 5.75 Å². The molecule has 0 aliphatic carbocycles. The van der Waals surface area contributed by atoms with E-state index in [9.17, 15) is 18.0 Å². The van der Waals surface area contributed by atoms with Crippen molar-refractivity contribution in [3.05, 3.63) is 69.1 Å². The number of aryl methyl sites for hydroxylation is 3. The molecule has 0 amide bonds. The van der Waals surface area contributed by atoms with Crippen LogP contribution in [0.15, 0.2) is 50.5 Å². The molecule has 33 heavy (non-hydrogen) atoms. The van der Waals surface area contributed by atoms with Crippen LogP contribution < -0.4 is 15.1 Å². The van der Waals surface area contributed by atoms with Gasteiger partial charge in [-0.2, -0.15) is 4.72 Å². The van der Waals surface area contributed by atoms with Gasteiger partial charge in [0.05, 0.1) is 10.3 Å². The summed E-state index contributed by atoms with van der Waals surface area (Å²) in [5.74, 6) is -0.475. The zero-order valence-corrected chi connectivity index (χ0v) is 20.5. The highest BCUT2D eigenvalue weighted by atomic mass is 32.2. The number of ether oxygens (including phenoxy) is 1. The van der Waals surface area contributed by atoms with E-state index in [0.717, 1.165) is 11.1 Å². The monoisotopic (exact) mass is 471 g/mol. The van der Waals surface area contributed by atoms with Crippen molar-refractivity contribution < 1.29 is 22.4 Å². The van der Waals surface area contributed by atoms with Gasteiger partial charge >= 0.3 is 11.6 Å².